The molecule has 1 saturated carbocycles. The quantitative estimate of drug-likeness (QED) is 0.0664. The first kappa shape index (κ1) is 31.3. The fraction of sp³-hybridized carbons (Fsp3) is 0.212. The molecular formula is C33H33ClFN7O3. The van der Waals surface area contributed by atoms with Gasteiger partial charge in [-0.3, -0.25) is 20.0 Å². The van der Waals surface area contributed by atoms with Crippen LogP contribution in [0.25, 0.3) is 11.1 Å². The number of anilines is 1. The van der Waals surface area contributed by atoms with Crippen LogP contribution in [-0.2, 0) is 24.3 Å². The Morgan fingerprint density at radius 1 is 1.02 bits per heavy atom. The number of benzene rings is 3. The molecule has 8 N–H and O–H groups in total. The first-order valence-corrected chi connectivity index (χ1v) is 14.8. The summed E-state index contributed by atoms with van der Waals surface area (Å²) in [6.45, 7) is 0.162. The highest BCUT2D eigenvalue weighted by molar-refractivity contribution is 6.33. The van der Waals surface area contributed by atoms with E-state index in [0.29, 0.717) is 17.7 Å². The van der Waals surface area contributed by atoms with E-state index in [0.717, 1.165) is 35.6 Å². The standard InChI is InChI=1S/C33H33ClFN7O3/c34-26-15-29(41-25-7-4-8-25)42(45)28(16-30(43)39-18-21-10-9-20(32(37)38)14-27(21)35)31(26)22-11-23(13-24(36)12-22)33(44)40-17-19-5-2-1-3-6-19/h1-3,5-6,9-15,25,45H,4,7-8,16-18,36H2,(H3,37,38)(H,39,43)(H,40,44). The zero-order valence-electron chi connectivity index (χ0n) is 24.3. The number of nitrogens with two attached hydrogens (primary N) is 2. The van der Waals surface area contributed by atoms with E-state index < -0.39 is 11.7 Å². The van der Waals surface area contributed by atoms with Gasteiger partial charge in [0.05, 0.1) is 23.2 Å². The van der Waals surface area contributed by atoms with Crippen molar-refractivity contribution in [3.05, 3.63) is 117 Å². The summed E-state index contributed by atoms with van der Waals surface area (Å²) in [6.07, 6.45) is 2.43. The molecule has 1 aliphatic rings. The van der Waals surface area contributed by atoms with E-state index in [4.69, 9.17) is 28.5 Å². The van der Waals surface area contributed by atoms with E-state index in [1.807, 2.05) is 30.3 Å². The summed E-state index contributed by atoms with van der Waals surface area (Å²) in [6, 6.07) is 19.8. The predicted molar refractivity (Wildman–Crippen MR) is 170 cm³/mol. The summed E-state index contributed by atoms with van der Waals surface area (Å²) < 4.78 is 15.4. The molecule has 0 spiro atoms. The van der Waals surface area contributed by atoms with E-state index in [-0.39, 0.29) is 69.3 Å². The fourth-order valence-electron chi connectivity index (χ4n) is 4.97. The molecule has 3 aromatic carbocycles. The van der Waals surface area contributed by atoms with E-state index in [1.165, 1.54) is 24.3 Å². The van der Waals surface area contributed by atoms with Crippen LogP contribution >= 0.6 is 11.6 Å². The molecule has 1 heterocycles. The Labute approximate surface area is 264 Å². The lowest BCUT2D eigenvalue weighted by Gasteiger charge is -2.22. The van der Waals surface area contributed by atoms with Gasteiger partial charge in [0, 0.05) is 47.1 Å². The zero-order valence-corrected chi connectivity index (χ0v) is 25.1. The number of nitrogens with zero attached hydrogens (tertiary/aromatic N) is 2. The topological polar surface area (TPSA) is 172 Å². The number of halogens is 2. The van der Waals surface area contributed by atoms with Crippen molar-refractivity contribution in [1.82, 2.24) is 15.4 Å². The van der Waals surface area contributed by atoms with Crippen LogP contribution in [-0.4, -0.2) is 33.6 Å². The lowest BCUT2D eigenvalue weighted by molar-refractivity contribution is -0.120. The third kappa shape index (κ3) is 7.50. The summed E-state index contributed by atoms with van der Waals surface area (Å²) in [5.41, 5.74) is 14.5. The van der Waals surface area contributed by atoms with Crippen LogP contribution in [0.5, 0.6) is 0 Å². The van der Waals surface area contributed by atoms with Crippen LogP contribution in [0.4, 0.5) is 10.1 Å². The van der Waals surface area contributed by atoms with E-state index in [1.54, 1.807) is 12.1 Å². The number of hydrogen-bond donors (Lipinski definition) is 6. The Balaban J connectivity index is 1.46. The van der Waals surface area contributed by atoms with Gasteiger partial charge in [0.25, 0.3) is 5.91 Å². The molecule has 5 rings (SSSR count). The molecule has 0 bridgehead atoms. The molecule has 4 aromatic rings. The molecule has 2 amide bonds. The Hall–Kier alpha value is -5.16. The highest BCUT2D eigenvalue weighted by Gasteiger charge is 2.22. The van der Waals surface area contributed by atoms with Gasteiger partial charge in [0.15, 0.2) is 5.49 Å². The number of aromatic nitrogens is 1. The van der Waals surface area contributed by atoms with E-state index in [9.17, 15) is 19.2 Å². The van der Waals surface area contributed by atoms with E-state index >= 15 is 0 Å². The molecular weight excluding hydrogens is 597 g/mol. The number of nitrogen functional groups attached to an aromatic ring is 2. The van der Waals surface area contributed by atoms with Crippen LogP contribution in [0, 0.1) is 11.2 Å². The third-order valence-electron chi connectivity index (χ3n) is 7.62. The number of hydrogen-bond acceptors (Lipinski definition) is 6. The summed E-state index contributed by atoms with van der Waals surface area (Å²) >= 11 is 6.79. The van der Waals surface area contributed by atoms with Crippen LogP contribution in [0.3, 0.4) is 0 Å². The average molecular weight is 630 g/mol. The monoisotopic (exact) mass is 629 g/mol. The van der Waals surface area contributed by atoms with Gasteiger partial charge < -0.3 is 27.3 Å². The summed E-state index contributed by atoms with van der Waals surface area (Å²) in [5, 5.41) is 24.5. The van der Waals surface area contributed by atoms with Crippen LogP contribution in [0.15, 0.2) is 77.8 Å². The number of rotatable bonds is 10. The van der Waals surface area contributed by atoms with Crippen molar-refractivity contribution in [2.75, 3.05) is 5.73 Å². The molecule has 0 aliphatic heterocycles. The lowest BCUT2D eigenvalue weighted by atomic mass is 9.94. The molecule has 10 nitrogen and oxygen atoms in total. The Morgan fingerprint density at radius 2 is 1.78 bits per heavy atom. The van der Waals surface area contributed by atoms with Gasteiger partial charge in [-0.2, -0.15) is 4.73 Å². The maximum Gasteiger partial charge on any atom is 0.251 e. The number of nitrogens with one attached hydrogen (secondary N) is 3. The van der Waals surface area contributed by atoms with Gasteiger partial charge in [-0.25, -0.2) is 4.39 Å². The number of amidine groups is 1. The van der Waals surface area contributed by atoms with Crippen molar-refractivity contribution in [2.24, 2.45) is 10.7 Å². The number of carbonyl (C=O) groups is 2. The molecule has 1 fully saturated rings. The van der Waals surface area contributed by atoms with Crippen molar-refractivity contribution in [2.45, 2.75) is 44.8 Å². The SMILES string of the molecule is N=C(N)c1ccc(CNC(=O)Cc2c(-c3cc(N)cc(C(=O)NCc4ccccc4)c3)c(Cl)cc(=NC3CCC3)n2O)c(F)c1. The number of pyridine rings is 1. The van der Waals surface area contributed by atoms with Gasteiger partial charge in [0.2, 0.25) is 5.91 Å². The van der Waals surface area contributed by atoms with E-state index in [2.05, 4.69) is 15.6 Å². The molecule has 232 valence electrons. The smallest absolute Gasteiger partial charge is 0.251 e. The van der Waals surface area contributed by atoms with Gasteiger partial charge in [0.1, 0.15) is 11.7 Å². The van der Waals surface area contributed by atoms with Gasteiger partial charge in [-0.05, 0) is 54.7 Å². The zero-order chi connectivity index (χ0) is 32.1. The van der Waals surface area contributed by atoms with Gasteiger partial charge >= 0.3 is 0 Å². The molecule has 12 heteroatoms. The van der Waals surface area contributed by atoms with Crippen LogP contribution in [0.1, 0.15) is 52.0 Å². The Morgan fingerprint density at radius 3 is 2.44 bits per heavy atom. The minimum absolute atomic E-state index is 0.0280. The second-order valence-electron chi connectivity index (χ2n) is 10.9. The van der Waals surface area contributed by atoms with Crippen molar-refractivity contribution < 1.29 is 19.2 Å². The summed E-state index contributed by atoms with van der Waals surface area (Å²) in [5.74, 6) is -1.79. The number of carbonyl (C=O) groups excluding carboxylic acids is 2. The molecule has 0 unspecified atom stereocenters. The minimum atomic E-state index is -0.622. The van der Waals surface area contributed by atoms with Crippen LogP contribution in [0.2, 0.25) is 5.02 Å². The molecule has 1 aliphatic carbocycles. The fourth-order valence-corrected chi connectivity index (χ4v) is 5.28. The van der Waals surface area contributed by atoms with Crippen molar-refractivity contribution in [1.29, 1.82) is 5.41 Å². The second kappa shape index (κ2) is 13.6. The van der Waals surface area contributed by atoms with Crippen molar-refractivity contribution in [3.63, 3.8) is 0 Å². The lowest BCUT2D eigenvalue weighted by Crippen LogP contribution is -2.32. The van der Waals surface area contributed by atoms with Gasteiger partial charge in [-0.1, -0.05) is 54.1 Å². The van der Waals surface area contributed by atoms with Crippen molar-refractivity contribution >= 4 is 34.9 Å². The number of amides is 2. The maximum atomic E-state index is 14.6. The molecule has 45 heavy (non-hydrogen) atoms. The first-order valence-electron chi connectivity index (χ1n) is 14.4. The molecule has 0 radical (unpaired) electrons. The highest BCUT2D eigenvalue weighted by atomic mass is 35.5. The first-order chi connectivity index (χ1) is 21.6. The Kier molecular flexibility index (Phi) is 9.48. The Bertz CT molecular complexity index is 1840. The molecule has 0 atom stereocenters. The van der Waals surface area contributed by atoms with Gasteiger partial charge in [-0.15, -0.1) is 0 Å². The largest absolute Gasteiger partial charge is 0.427 e. The maximum absolute atomic E-state index is 14.6. The minimum Gasteiger partial charge on any atom is -0.427 e. The summed E-state index contributed by atoms with van der Waals surface area (Å²) in [7, 11) is 0. The predicted octanol–water partition coefficient (Wildman–Crippen LogP) is 4.29. The average Bonchev–Trinajstić information content (AvgIpc) is 2.99. The normalized spacial score (nSPS) is 13.2. The van der Waals surface area contributed by atoms with Crippen molar-refractivity contribution in [3.8, 4) is 11.1 Å². The van der Waals surface area contributed by atoms with Crippen LogP contribution < -0.4 is 27.6 Å². The molecule has 0 saturated heterocycles. The third-order valence-corrected chi connectivity index (χ3v) is 7.91. The summed E-state index contributed by atoms with van der Waals surface area (Å²) in [4.78, 5) is 30.9. The highest BCUT2D eigenvalue weighted by Crippen LogP contribution is 2.33. The molecule has 1 aromatic heterocycles. The second-order valence-corrected chi connectivity index (χ2v) is 11.3.